The third-order valence-electron chi connectivity index (χ3n) is 6.55. The van der Waals surface area contributed by atoms with Crippen LogP contribution in [0.25, 0.3) is 0 Å². The van der Waals surface area contributed by atoms with Gasteiger partial charge in [0.15, 0.2) is 0 Å². The summed E-state index contributed by atoms with van der Waals surface area (Å²) in [4.78, 5) is 15.3. The molecule has 1 aliphatic carbocycles. The first-order valence-electron chi connectivity index (χ1n) is 10.8. The molecule has 0 saturated heterocycles. The smallest absolute Gasteiger partial charge is 0.256 e. The summed E-state index contributed by atoms with van der Waals surface area (Å²) in [7, 11) is 1.85. The lowest BCUT2D eigenvalue weighted by Gasteiger charge is -2.39. The highest BCUT2D eigenvalue weighted by molar-refractivity contribution is 6.36. The van der Waals surface area contributed by atoms with Gasteiger partial charge in [0.2, 0.25) is 0 Å². The van der Waals surface area contributed by atoms with E-state index >= 15 is 0 Å². The van der Waals surface area contributed by atoms with E-state index in [4.69, 9.17) is 23.2 Å². The van der Waals surface area contributed by atoms with Crippen LogP contribution in [0.5, 0.6) is 0 Å². The zero-order chi connectivity index (χ0) is 22.2. The minimum Gasteiger partial charge on any atom is -0.377 e. The molecule has 1 heterocycles. The molecule has 3 unspecified atom stereocenters. The number of benzene rings is 3. The number of amides is 1. The van der Waals surface area contributed by atoms with Crippen molar-refractivity contribution in [1.29, 1.82) is 0 Å². The number of rotatable bonds is 4. The predicted octanol–water partition coefficient (Wildman–Crippen LogP) is 7.09. The molecule has 0 spiro atoms. The molecule has 1 amide bonds. The summed E-state index contributed by atoms with van der Waals surface area (Å²) < 4.78 is 0. The standard InChI is InChI=1S/C27H24Cl2N2O/c1-31(16-17-8-3-2-4-9-17)27(32)21-13-6-11-19-18-10-5-12-20(18)26(30-25(19)21)24-22(28)14-7-15-23(24)29/h2-11,13-15,18,20,26,30H,12,16H2,1H3. The van der Waals surface area contributed by atoms with Crippen molar-refractivity contribution in [2.75, 3.05) is 12.4 Å². The number of para-hydroxylation sites is 1. The number of allylic oxidation sites excluding steroid dienone is 2. The number of anilines is 1. The van der Waals surface area contributed by atoms with Crippen LogP contribution in [0.3, 0.4) is 0 Å². The first-order chi connectivity index (χ1) is 15.5. The number of nitrogens with one attached hydrogen (secondary N) is 1. The SMILES string of the molecule is CN(Cc1ccccc1)C(=O)c1cccc2c1NC(c1c(Cl)cccc1Cl)C1CC=CC21. The number of carbonyl (C=O) groups excluding carboxylic acids is 1. The molecule has 5 heteroatoms. The highest BCUT2D eigenvalue weighted by Gasteiger charge is 2.40. The molecular formula is C27H24Cl2N2O. The normalized spacial score (nSPS) is 20.9. The van der Waals surface area contributed by atoms with E-state index in [1.54, 1.807) is 4.90 Å². The van der Waals surface area contributed by atoms with Crippen LogP contribution in [-0.2, 0) is 6.54 Å². The van der Waals surface area contributed by atoms with E-state index in [0.29, 0.717) is 28.1 Å². The zero-order valence-corrected chi connectivity index (χ0v) is 19.3. The van der Waals surface area contributed by atoms with Crippen molar-refractivity contribution in [3.63, 3.8) is 0 Å². The van der Waals surface area contributed by atoms with E-state index in [1.807, 2.05) is 67.7 Å². The van der Waals surface area contributed by atoms with Gasteiger partial charge in [0.25, 0.3) is 5.91 Å². The first-order valence-corrected chi connectivity index (χ1v) is 11.6. The Morgan fingerprint density at radius 1 is 1.00 bits per heavy atom. The summed E-state index contributed by atoms with van der Waals surface area (Å²) in [6.45, 7) is 0.551. The molecule has 0 bridgehead atoms. The molecule has 3 nitrogen and oxygen atoms in total. The molecule has 3 atom stereocenters. The van der Waals surface area contributed by atoms with Gasteiger partial charge in [-0.15, -0.1) is 0 Å². The van der Waals surface area contributed by atoms with Crippen LogP contribution in [-0.4, -0.2) is 17.9 Å². The lowest BCUT2D eigenvalue weighted by Crippen LogP contribution is -2.33. The lowest BCUT2D eigenvalue weighted by atomic mass is 9.76. The van der Waals surface area contributed by atoms with Crippen LogP contribution in [0.4, 0.5) is 5.69 Å². The number of halogens is 2. The van der Waals surface area contributed by atoms with Gasteiger partial charge in [-0.3, -0.25) is 4.79 Å². The Morgan fingerprint density at radius 3 is 2.47 bits per heavy atom. The van der Waals surface area contributed by atoms with Crippen molar-refractivity contribution in [3.05, 3.63) is 111 Å². The quantitative estimate of drug-likeness (QED) is 0.419. The van der Waals surface area contributed by atoms with Gasteiger partial charge >= 0.3 is 0 Å². The average molecular weight is 463 g/mol. The topological polar surface area (TPSA) is 32.3 Å². The highest BCUT2D eigenvalue weighted by Crippen LogP contribution is 2.52. The largest absolute Gasteiger partial charge is 0.377 e. The third-order valence-corrected chi connectivity index (χ3v) is 7.21. The van der Waals surface area contributed by atoms with E-state index in [9.17, 15) is 4.79 Å². The minimum absolute atomic E-state index is 0.0114. The predicted molar refractivity (Wildman–Crippen MR) is 131 cm³/mol. The Labute approximate surface area is 198 Å². The second-order valence-corrected chi connectivity index (χ2v) is 9.34. The van der Waals surface area contributed by atoms with Crippen LogP contribution in [0.15, 0.2) is 78.9 Å². The molecule has 162 valence electrons. The molecule has 0 radical (unpaired) electrons. The summed E-state index contributed by atoms with van der Waals surface area (Å²) in [5.74, 6) is 0.505. The summed E-state index contributed by atoms with van der Waals surface area (Å²) in [6, 6.07) is 21.6. The van der Waals surface area contributed by atoms with E-state index in [0.717, 1.165) is 28.8 Å². The average Bonchev–Trinajstić information content (AvgIpc) is 3.29. The summed E-state index contributed by atoms with van der Waals surface area (Å²) in [5, 5.41) is 4.97. The van der Waals surface area contributed by atoms with E-state index in [-0.39, 0.29) is 17.9 Å². The fourth-order valence-corrected chi connectivity index (χ4v) is 5.66. The monoisotopic (exact) mass is 462 g/mol. The van der Waals surface area contributed by atoms with Crippen LogP contribution in [0, 0.1) is 5.92 Å². The van der Waals surface area contributed by atoms with Crippen molar-refractivity contribution in [1.82, 2.24) is 4.90 Å². The molecular weight excluding hydrogens is 439 g/mol. The van der Waals surface area contributed by atoms with Gasteiger partial charge in [0, 0.05) is 35.1 Å². The summed E-state index contributed by atoms with van der Waals surface area (Å²) >= 11 is 13.2. The molecule has 1 aliphatic heterocycles. The van der Waals surface area contributed by atoms with Gasteiger partial charge in [-0.2, -0.15) is 0 Å². The van der Waals surface area contributed by atoms with Crippen LogP contribution >= 0.6 is 23.2 Å². The number of fused-ring (bicyclic) bond motifs is 3. The lowest BCUT2D eigenvalue weighted by molar-refractivity contribution is 0.0785. The molecule has 0 fully saturated rings. The van der Waals surface area contributed by atoms with Crippen molar-refractivity contribution in [3.8, 4) is 0 Å². The van der Waals surface area contributed by atoms with E-state index < -0.39 is 0 Å². The molecule has 2 aliphatic rings. The molecule has 32 heavy (non-hydrogen) atoms. The molecule has 0 saturated carbocycles. The fourth-order valence-electron chi connectivity index (χ4n) is 5.03. The Balaban J connectivity index is 1.53. The van der Waals surface area contributed by atoms with Crippen LogP contribution in [0.2, 0.25) is 10.0 Å². The Bertz CT molecular complexity index is 1170. The molecule has 3 aromatic rings. The molecule has 3 aromatic carbocycles. The number of hydrogen-bond donors (Lipinski definition) is 1. The van der Waals surface area contributed by atoms with Crippen LogP contribution < -0.4 is 5.32 Å². The van der Waals surface area contributed by atoms with E-state index in [2.05, 4.69) is 23.5 Å². The maximum Gasteiger partial charge on any atom is 0.256 e. The highest BCUT2D eigenvalue weighted by atomic mass is 35.5. The second-order valence-electron chi connectivity index (χ2n) is 8.53. The van der Waals surface area contributed by atoms with Crippen molar-refractivity contribution < 1.29 is 4.79 Å². The molecule has 5 rings (SSSR count). The van der Waals surface area contributed by atoms with Gasteiger partial charge in [-0.1, -0.05) is 83.9 Å². The summed E-state index contributed by atoms with van der Waals surface area (Å²) in [6.07, 6.45) is 5.42. The third kappa shape index (κ3) is 3.70. The van der Waals surface area contributed by atoms with Crippen molar-refractivity contribution >= 4 is 34.8 Å². The van der Waals surface area contributed by atoms with Crippen molar-refractivity contribution in [2.45, 2.75) is 24.9 Å². The summed E-state index contributed by atoms with van der Waals surface area (Å²) in [5.41, 5.74) is 4.71. The van der Waals surface area contributed by atoms with E-state index in [1.165, 1.54) is 0 Å². The fraction of sp³-hybridized carbons (Fsp3) is 0.222. The maximum absolute atomic E-state index is 13.5. The first kappa shape index (κ1) is 21.1. The van der Waals surface area contributed by atoms with Gasteiger partial charge < -0.3 is 10.2 Å². The Morgan fingerprint density at radius 2 is 1.72 bits per heavy atom. The van der Waals surface area contributed by atoms with Gasteiger partial charge in [-0.25, -0.2) is 0 Å². The minimum atomic E-state index is -0.0721. The second kappa shape index (κ2) is 8.65. The number of nitrogens with zero attached hydrogens (tertiary/aromatic N) is 1. The Hall–Kier alpha value is -2.75. The maximum atomic E-state index is 13.5. The number of hydrogen-bond acceptors (Lipinski definition) is 2. The Kier molecular flexibility index (Phi) is 5.71. The van der Waals surface area contributed by atoms with Gasteiger partial charge in [0.1, 0.15) is 0 Å². The molecule has 0 aromatic heterocycles. The zero-order valence-electron chi connectivity index (χ0n) is 17.8. The van der Waals surface area contributed by atoms with Crippen LogP contribution in [0.1, 0.15) is 45.4 Å². The number of carbonyl (C=O) groups is 1. The van der Waals surface area contributed by atoms with Gasteiger partial charge in [-0.05, 0) is 41.7 Å². The molecule has 1 N–H and O–H groups in total. The van der Waals surface area contributed by atoms with Crippen molar-refractivity contribution in [2.24, 2.45) is 5.92 Å². The van der Waals surface area contributed by atoms with Gasteiger partial charge in [0.05, 0.1) is 17.3 Å².